The van der Waals surface area contributed by atoms with E-state index < -0.39 is 0 Å². The van der Waals surface area contributed by atoms with Gasteiger partial charge in [0, 0.05) is 26.1 Å². The summed E-state index contributed by atoms with van der Waals surface area (Å²) in [5, 5.41) is 1.68. The lowest BCUT2D eigenvalue weighted by molar-refractivity contribution is -0.134. The van der Waals surface area contributed by atoms with E-state index in [9.17, 15) is 4.79 Å². The first-order chi connectivity index (χ1) is 6.26. The molecule has 0 aliphatic carbocycles. The van der Waals surface area contributed by atoms with Crippen LogP contribution in [0.3, 0.4) is 0 Å². The molecule has 13 heavy (non-hydrogen) atoms. The molecule has 0 rings (SSSR count). The van der Waals surface area contributed by atoms with Crippen LogP contribution in [0.2, 0.25) is 0 Å². The summed E-state index contributed by atoms with van der Waals surface area (Å²) in [4.78, 5) is 11.4. The van der Waals surface area contributed by atoms with Crippen LogP contribution in [0.4, 0.5) is 0 Å². The van der Waals surface area contributed by atoms with Gasteiger partial charge in [0.25, 0.3) is 0 Å². The van der Waals surface area contributed by atoms with Gasteiger partial charge in [0.05, 0.1) is 0 Å². The maximum absolute atomic E-state index is 11.4. The molecule has 0 aliphatic rings. The van der Waals surface area contributed by atoms with Crippen molar-refractivity contribution in [3.05, 3.63) is 0 Å². The van der Waals surface area contributed by atoms with Crippen molar-refractivity contribution in [2.75, 3.05) is 19.6 Å². The number of hydrogen-bond acceptors (Lipinski definition) is 3. The van der Waals surface area contributed by atoms with Crippen LogP contribution in [0.15, 0.2) is 0 Å². The molecule has 4 heteroatoms. The Labute approximate surface area is 80.4 Å². The van der Waals surface area contributed by atoms with Gasteiger partial charge in [0.2, 0.25) is 5.91 Å². The van der Waals surface area contributed by atoms with E-state index in [0.29, 0.717) is 13.0 Å². The zero-order valence-electron chi connectivity index (χ0n) is 8.68. The standard InChI is InChI=1S/C9H21N3O/c1-3-7-11-12(8-4-2)9(13)5-6-10/h11H,3-8,10H2,1-2H3. The van der Waals surface area contributed by atoms with Crippen molar-refractivity contribution >= 4 is 5.91 Å². The Hall–Kier alpha value is -0.610. The van der Waals surface area contributed by atoms with Crippen LogP contribution in [0, 0.1) is 0 Å². The van der Waals surface area contributed by atoms with Crippen LogP contribution >= 0.6 is 0 Å². The molecule has 0 aromatic rings. The normalized spacial score (nSPS) is 10.1. The second kappa shape index (κ2) is 8.01. The minimum absolute atomic E-state index is 0.0952. The summed E-state index contributed by atoms with van der Waals surface area (Å²) in [5.74, 6) is 0.0952. The fourth-order valence-electron chi connectivity index (χ4n) is 1.02. The van der Waals surface area contributed by atoms with Gasteiger partial charge in [0.1, 0.15) is 0 Å². The van der Waals surface area contributed by atoms with E-state index in [1.54, 1.807) is 5.01 Å². The number of nitrogens with zero attached hydrogens (tertiary/aromatic N) is 1. The Bertz CT molecular complexity index is 139. The molecule has 0 aromatic heterocycles. The van der Waals surface area contributed by atoms with Crippen LogP contribution in [0.1, 0.15) is 33.1 Å². The highest BCUT2D eigenvalue weighted by Gasteiger charge is 2.09. The quantitative estimate of drug-likeness (QED) is 0.570. The second-order valence-electron chi connectivity index (χ2n) is 2.99. The SMILES string of the molecule is CCCNN(CCC)C(=O)CCN. The van der Waals surface area contributed by atoms with Crippen LogP contribution < -0.4 is 11.2 Å². The molecule has 0 fully saturated rings. The lowest BCUT2D eigenvalue weighted by Crippen LogP contribution is -2.44. The maximum atomic E-state index is 11.4. The predicted octanol–water partition coefficient (Wildman–Crippen LogP) is 0.488. The zero-order valence-corrected chi connectivity index (χ0v) is 8.68. The average molecular weight is 187 g/mol. The van der Waals surface area contributed by atoms with E-state index in [4.69, 9.17) is 5.73 Å². The molecular weight excluding hydrogens is 166 g/mol. The first-order valence-electron chi connectivity index (χ1n) is 5.00. The number of nitrogens with two attached hydrogens (primary N) is 1. The molecule has 0 saturated carbocycles. The van der Waals surface area contributed by atoms with Crippen LogP contribution in [0.25, 0.3) is 0 Å². The Morgan fingerprint density at radius 1 is 1.38 bits per heavy atom. The van der Waals surface area contributed by atoms with E-state index >= 15 is 0 Å². The van der Waals surface area contributed by atoms with Crippen molar-refractivity contribution in [2.24, 2.45) is 5.73 Å². The van der Waals surface area contributed by atoms with Crippen LogP contribution in [0.5, 0.6) is 0 Å². The molecule has 0 spiro atoms. The summed E-state index contributed by atoms with van der Waals surface area (Å²) in [5.41, 5.74) is 8.40. The molecule has 0 aliphatic heterocycles. The zero-order chi connectivity index (χ0) is 10.1. The lowest BCUT2D eigenvalue weighted by Gasteiger charge is -2.22. The fraction of sp³-hybridized carbons (Fsp3) is 0.889. The van der Waals surface area contributed by atoms with Crippen molar-refractivity contribution in [2.45, 2.75) is 33.1 Å². The van der Waals surface area contributed by atoms with Crippen molar-refractivity contribution in [1.29, 1.82) is 0 Å². The Morgan fingerprint density at radius 3 is 2.54 bits per heavy atom. The van der Waals surface area contributed by atoms with Gasteiger partial charge in [-0.3, -0.25) is 9.80 Å². The first kappa shape index (κ1) is 12.4. The van der Waals surface area contributed by atoms with Gasteiger partial charge >= 0.3 is 0 Å². The second-order valence-corrected chi connectivity index (χ2v) is 2.99. The highest BCUT2D eigenvalue weighted by atomic mass is 16.2. The van der Waals surface area contributed by atoms with Gasteiger partial charge < -0.3 is 5.73 Å². The monoisotopic (exact) mass is 187 g/mol. The fourth-order valence-corrected chi connectivity index (χ4v) is 1.02. The largest absolute Gasteiger partial charge is 0.330 e. The van der Waals surface area contributed by atoms with Gasteiger partial charge in [0.15, 0.2) is 0 Å². The van der Waals surface area contributed by atoms with Gasteiger partial charge in [-0.1, -0.05) is 13.8 Å². The molecular formula is C9H21N3O. The summed E-state index contributed by atoms with van der Waals surface area (Å²) >= 11 is 0. The first-order valence-corrected chi connectivity index (χ1v) is 5.00. The van der Waals surface area contributed by atoms with E-state index in [2.05, 4.69) is 19.3 Å². The highest BCUT2D eigenvalue weighted by molar-refractivity contribution is 5.75. The molecule has 3 N–H and O–H groups in total. The number of amides is 1. The number of hydrazine groups is 1. The number of nitrogens with one attached hydrogen (secondary N) is 1. The van der Waals surface area contributed by atoms with Gasteiger partial charge in [-0.05, 0) is 12.8 Å². The molecule has 0 aromatic carbocycles. The summed E-state index contributed by atoms with van der Waals surface area (Å²) in [7, 11) is 0. The number of carbonyl (C=O) groups excluding carboxylic acids is 1. The third-order valence-corrected chi connectivity index (χ3v) is 1.66. The average Bonchev–Trinajstić information content (AvgIpc) is 2.12. The van der Waals surface area contributed by atoms with Crippen molar-refractivity contribution in [1.82, 2.24) is 10.4 Å². The molecule has 0 unspecified atom stereocenters. The van der Waals surface area contributed by atoms with Crippen molar-refractivity contribution in [3.63, 3.8) is 0 Å². The number of hydrogen-bond donors (Lipinski definition) is 2. The molecule has 0 saturated heterocycles. The smallest absolute Gasteiger partial charge is 0.237 e. The highest BCUT2D eigenvalue weighted by Crippen LogP contribution is 1.92. The van der Waals surface area contributed by atoms with Crippen molar-refractivity contribution in [3.8, 4) is 0 Å². The molecule has 0 bridgehead atoms. The van der Waals surface area contributed by atoms with E-state index in [-0.39, 0.29) is 5.91 Å². The Balaban J connectivity index is 3.83. The molecule has 78 valence electrons. The Kier molecular flexibility index (Phi) is 7.63. The third kappa shape index (κ3) is 5.60. The summed E-state index contributed by atoms with van der Waals surface area (Å²) in [6, 6.07) is 0. The summed E-state index contributed by atoms with van der Waals surface area (Å²) < 4.78 is 0. The van der Waals surface area contributed by atoms with Gasteiger partial charge in [-0.25, -0.2) is 5.43 Å². The van der Waals surface area contributed by atoms with Crippen molar-refractivity contribution < 1.29 is 4.79 Å². The summed E-state index contributed by atoms with van der Waals surface area (Å²) in [6.45, 7) is 6.16. The number of rotatable bonds is 7. The third-order valence-electron chi connectivity index (χ3n) is 1.66. The number of carbonyl (C=O) groups is 1. The van der Waals surface area contributed by atoms with Gasteiger partial charge in [-0.2, -0.15) is 0 Å². The van der Waals surface area contributed by atoms with E-state index in [1.165, 1.54) is 0 Å². The van der Waals surface area contributed by atoms with Crippen LogP contribution in [-0.2, 0) is 4.79 Å². The minimum atomic E-state index is 0.0952. The molecule has 0 heterocycles. The molecule has 4 nitrogen and oxygen atoms in total. The van der Waals surface area contributed by atoms with E-state index in [0.717, 1.165) is 25.9 Å². The lowest BCUT2D eigenvalue weighted by atomic mass is 10.3. The topological polar surface area (TPSA) is 58.4 Å². The predicted molar refractivity (Wildman–Crippen MR) is 54.0 cm³/mol. The molecule has 1 amide bonds. The molecule has 0 atom stereocenters. The maximum Gasteiger partial charge on any atom is 0.237 e. The Morgan fingerprint density at radius 2 is 2.08 bits per heavy atom. The van der Waals surface area contributed by atoms with E-state index in [1.807, 2.05) is 0 Å². The summed E-state index contributed by atoms with van der Waals surface area (Å²) in [6.07, 6.45) is 2.42. The van der Waals surface area contributed by atoms with Gasteiger partial charge in [-0.15, -0.1) is 0 Å². The molecule has 0 radical (unpaired) electrons. The van der Waals surface area contributed by atoms with Crippen LogP contribution in [-0.4, -0.2) is 30.6 Å². The minimum Gasteiger partial charge on any atom is -0.330 e.